The van der Waals surface area contributed by atoms with Crippen LogP contribution in [0.3, 0.4) is 0 Å². The molecular formula is C10H20N2O4S. The lowest BCUT2D eigenvalue weighted by Gasteiger charge is -2.15. The van der Waals surface area contributed by atoms with Crippen molar-refractivity contribution in [2.75, 3.05) is 26.7 Å². The van der Waals surface area contributed by atoms with Crippen molar-refractivity contribution in [3.05, 3.63) is 0 Å². The van der Waals surface area contributed by atoms with Crippen molar-refractivity contribution < 1.29 is 17.9 Å². The molecule has 1 aliphatic heterocycles. The molecule has 1 fully saturated rings. The lowest BCUT2D eigenvalue weighted by atomic mass is 10.2. The first kappa shape index (κ1) is 14.4. The first-order valence-corrected chi connectivity index (χ1v) is 7.32. The topological polar surface area (TPSA) is 75.7 Å². The van der Waals surface area contributed by atoms with Crippen LogP contribution < -0.4 is 4.72 Å². The number of unbranched alkanes of at least 4 members (excludes halogenated alkanes) is 1. The van der Waals surface area contributed by atoms with E-state index < -0.39 is 10.2 Å². The summed E-state index contributed by atoms with van der Waals surface area (Å²) in [5.74, 6) is -0.257. The lowest BCUT2D eigenvalue weighted by Crippen LogP contribution is -2.39. The van der Waals surface area contributed by atoms with Gasteiger partial charge >= 0.3 is 5.97 Å². The zero-order valence-corrected chi connectivity index (χ0v) is 11.0. The molecule has 17 heavy (non-hydrogen) atoms. The normalized spacial score (nSPS) is 17.2. The van der Waals surface area contributed by atoms with E-state index in [4.69, 9.17) is 0 Å². The van der Waals surface area contributed by atoms with Gasteiger partial charge in [-0.1, -0.05) is 0 Å². The van der Waals surface area contributed by atoms with Crippen LogP contribution in [0.5, 0.6) is 0 Å². The van der Waals surface area contributed by atoms with Gasteiger partial charge in [0.25, 0.3) is 10.2 Å². The van der Waals surface area contributed by atoms with Gasteiger partial charge in [-0.2, -0.15) is 12.7 Å². The number of rotatable bonds is 7. The molecule has 0 bridgehead atoms. The Bertz CT molecular complexity index is 336. The van der Waals surface area contributed by atoms with Crippen LogP contribution in [0, 0.1) is 0 Å². The Kier molecular flexibility index (Phi) is 5.87. The number of nitrogens with zero attached hydrogens (tertiary/aromatic N) is 1. The van der Waals surface area contributed by atoms with Crippen LogP contribution in [0.15, 0.2) is 0 Å². The maximum absolute atomic E-state index is 11.7. The fourth-order valence-electron chi connectivity index (χ4n) is 1.72. The summed E-state index contributed by atoms with van der Waals surface area (Å²) in [5, 5.41) is 0. The molecule has 1 N–H and O–H groups in total. The molecule has 0 spiro atoms. The number of esters is 1. The van der Waals surface area contributed by atoms with Crippen LogP contribution in [-0.4, -0.2) is 45.4 Å². The average molecular weight is 264 g/mol. The van der Waals surface area contributed by atoms with Gasteiger partial charge in [0.05, 0.1) is 7.11 Å². The molecule has 1 heterocycles. The van der Waals surface area contributed by atoms with E-state index in [1.54, 1.807) is 0 Å². The number of hydrogen-bond donors (Lipinski definition) is 1. The van der Waals surface area contributed by atoms with Crippen LogP contribution in [0.4, 0.5) is 0 Å². The number of nitrogens with one attached hydrogen (secondary N) is 1. The Morgan fingerprint density at radius 3 is 2.53 bits per heavy atom. The van der Waals surface area contributed by atoms with Crippen molar-refractivity contribution in [3.63, 3.8) is 0 Å². The molecule has 1 aliphatic rings. The first-order chi connectivity index (χ1) is 8.06. The second-order valence-electron chi connectivity index (χ2n) is 4.04. The van der Waals surface area contributed by atoms with Crippen molar-refractivity contribution in [3.8, 4) is 0 Å². The molecular weight excluding hydrogens is 244 g/mol. The maximum atomic E-state index is 11.7. The smallest absolute Gasteiger partial charge is 0.305 e. The second kappa shape index (κ2) is 6.93. The van der Waals surface area contributed by atoms with Crippen molar-refractivity contribution in [1.82, 2.24) is 9.03 Å². The number of ether oxygens (including phenoxy) is 1. The summed E-state index contributed by atoms with van der Waals surface area (Å²) in [6.45, 7) is 1.59. The van der Waals surface area contributed by atoms with Gasteiger partial charge < -0.3 is 4.74 Å². The van der Waals surface area contributed by atoms with Crippen LogP contribution in [-0.2, 0) is 19.7 Å². The van der Waals surface area contributed by atoms with Crippen LogP contribution >= 0.6 is 0 Å². The zero-order valence-electron chi connectivity index (χ0n) is 10.1. The summed E-state index contributed by atoms with van der Waals surface area (Å²) in [6.07, 6.45) is 3.48. The van der Waals surface area contributed by atoms with Crippen LogP contribution in [0.2, 0.25) is 0 Å². The predicted octanol–water partition coefficient (Wildman–Crippen LogP) is 0.260. The van der Waals surface area contributed by atoms with Crippen molar-refractivity contribution in [2.24, 2.45) is 0 Å². The van der Waals surface area contributed by atoms with E-state index in [-0.39, 0.29) is 5.97 Å². The minimum absolute atomic E-state index is 0.257. The standard InChI is InChI=1S/C10H20N2O4S/c1-16-10(13)6-2-3-7-11-17(14,15)12-8-4-5-9-12/h11H,2-9H2,1H3. The van der Waals surface area contributed by atoms with E-state index >= 15 is 0 Å². The predicted molar refractivity (Wildman–Crippen MR) is 63.6 cm³/mol. The summed E-state index contributed by atoms with van der Waals surface area (Å²) in [4.78, 5) is 10.8. The van der Waals surface area contributed by atoms with Gasteiger partial charge in [0.15, 0.2) is 0 Å². The fourth-order valence-corrected chi connectivity index (χ4v) is 3.04. The van der Waals surface area contributed by atoms with Crippen molar-refractivity contribution >= 4 is 16.2 Å². The molecule has 0 radical (unpaired) electrons. The quantitative estimate of drug-likeness (QED) is 0.528. The molecule has 0 aromatic carbocycles. The molecule has 1 saturated heterocycles. The third-order valence-corrected chi connectivity index (χ3v) is 4.34. The molecule has 0 aromatic rings. The summed E-state index contributed by atoms with van der Waals surface area (Å²) in [5.41, 5.74) is 0. The highest BCUT2D eigenvalue weighted by atomic mass is 32.2. The Labute approximate surface area is 102 Å². The average Bonchev–Trinajstić information content (AvgIpc) is 2.82. The SMILES string of the molecule is COC(=O)CCCCNS(=O)(=O)N1CCCC1. The third-order valence-electron chi connectivity index (χ3n) is 2.72. The fraction of sp³-hybridized carbons (Fsp3) is 0.900. The summed E-state index contributed by atoms with van der Waals surface area (Å²) < 4.78 is 31.9. The van der Waals surface area contributed by atoms with Gasteiger partial charge in [0.2, 0.25) is 0 Å². The third kappa shape index (κ3) is 5.01. The molecule has 0 aliphatic carbocycles. The Hall–Kier alpha value is -0.660. The maximum Gasteiger partial charge on any atom is 0.305 e. The largest absolute Gasteiger partial charge is 0.469 e. The monoisotopic (exact) mass is 264 g/mol. The number of carbonyl (C=O) groups excluding carboxylic acids is 1. The number of carbonyl (C=O) groups is 1. The molecule has 0 saturated carbocycles. The van der Waals surface area contributed by atoms with E-state index in [0.29, 0.717) is 38.9 Å². The minimum atomic E-state index is -3.30. The van der Waals surface area contributed by atoms with Crippen LogP contribution in [0.1, 0.15) is 32.1 Å². The number of hydrogen-bond acceptors (Lipinski definition) is 4. The second-order valence-corrected chi connectivity index (χ2v) is 5.79. The molecule has 1 rings (SSSR count). The summed E-state index contributed by atoms with van der Waals surface area (Å²) in [7, 11) is -1.95. The van der Waals surface area contributed by atoms with Gasteiger partial charge in [0, 0.05) is 26.1 Å². The molecule has 0 atom stereocenters. The van der Waals surface area contributed by atoms with Gasteiger partial charge in [-0.15, -0.1) is 0 Å². The summed E-state index contributed by atoms with van der Waals surface area (Å²) >= 11 is 0. The Balaban J connectivity index is 2.15. The molecule has 6 nitrogen and oxygen atoms in total. The molecule has 7 heteroatoms. The van der Waals surface area contributed by atoms with Crippen molar-refractivity contribution in [1.29, 1.82) is 0 Å². The minimum Gasteiger partial charge on any atom is -0.469 e. The van der Waals surface area contributed by atoms with Crippen molar-refractivity contribution in [2.45, 2.75) is 32.1 Å². The molecule has 0 amide bonds. The van der Waals surface area contributed by atoms with E-state index in [1.807, 2.05) is 0 Å². The summed E-state index contributed by atoms with van der Waals surface area (Å²) in [6, 6.07) is 0. The molecule has 0 aromatic heterocycles. The highest BCUT2D eigenvalue weighted by Gasteiger charge is 2.24. The lowest BCUT2D eigenvalue weighted by molar-refractivity contribution is -0.140. The highest BCUT2D eigenvalue weighted by Crippen LogP contribution is 2.11. The highest BCUT2D eigenvalue weighted by molar-refractivity contribution is 7.87. The number of methoxy groups -OCH3 is 1. The van der Waals surface area contributed by atoms with Crippen LogP contribution in [0.25, 0.3) is 0 Å². The van der Waals surface area contributed by atoms with E-state index in [2.05, 4.69) is 9.46 Å². The van der Waals surface area contributed by atoms with E-state index in [9.17, 15) is 13.2 Å². The molecule has 100 valence electrons. The Morgan fingerprint density at radius 2 is 1.94 bits per heavy atom. The van der Waals surface area contributed by atoms with Gasteiger partial charge in [-0.3, -0.25) is 4.79 Å². The molecule has 0 unspecified atom stereocenters. The zero-order chi connectivity index (χ0) is 12.7. The van der Waals surface area contributed by atoms with E-state index in [1.165, 1.54) is 11.4 Å². The van der Waals surface area contributed by atoms with Gasteiger partial charge in [0.1, 0.15) is 0 Å². The van der Waals surface area contributed by atoms with E-state index in [0.717, 1.165) is 12.8 Å². The van der Waals surface area contributed by atoms with Gasteiger partial charge in [-0.05, 0) is 25.7 Å². The first-order valence-electron chi connectivity index (χ1n) is 5.88. The Morgan fingerprint density at radius 1 is 1.29 bits per heavy atom. The van der Waals surface area contributed by atoms with Gasteiger partial charge in [-0.25, -0.2) is 4.72 Å².